The van der Waals surface area contributed by atoms with E-state index in [0.717, 1.165) is 22.8 Å². The summed E-state index contributed by atoms with van der Waals surface area (Å²) in [6.07, 6.45) is 5.33. The summed E-state index contributed by atoms with van der Waals surface area (Å²) in [6, 6.07) is 7.85. The summed E-state index contributed by atoms with van der Waals surface area (Å²) in [4.78, 5) is 14.7. The molecular weight excluding hydrogens is 186 g/mol. The first kappa shape index (κ1) is 9.84. The van der Waals surface area contributed by atoms with Crippen LogP contribution in [0.2, 0.25) is 0 Å². The number of Topliss-reactive ketones (excluding diaryl/α,β-unsaturated/α-hetero) is 1. The Kier molecular flexibility index (Phi) is 2.77. The molecule has 0 amide bonds. The van der Waals surface area contributed by atoms with Crippen molar-refractivity contribution in [1.82, 2.24) is 0 Å². The number of aromatic nitrogens is 1. The third kappa shape index (κ3) is 2.04. The topological polar surface area (TPSA) is 31.2 Å². The normalized spacial score (nSPS) is 10.5. The molecule has 0 atom stereocenters. The Hall–Kier alpha value is -1.70. The molecular formula is C13H14NO+. The van der Waals surface area contributed by atoms with Crippen molar-refractivity contribution >= 4 is 16.6 Å². The van der Waals surface area contributed by atoms with Crippen LogP contribution >= 0.6 is 0 Å². The molecule has 1 heterocycles. The second-order valence-electron chi connectivity index (χ2n) is 3.66. The van der Waals surface area contributed by atoms with Crippen molar-refractivity contribution in [3.8, 4) is 0 Å². The van der Waals surface area contributed by atoms with Crippen LogP contribution in [0.1, 0.15) is 30.1 Å². The Labute approximate surface area is 89.0 Å². The number of nitrogens with one attached hydrogen (secondary N) is 1. The van der Waals surface area contributed by atoms with Crippen LogP contribution in [0.4, 0.5) is 0 Å². The minimum atomic E-state index is 0.225. The maximum absolute atomic E-state index is 11.7. The summed E-state index contributed by atoms with van der Waals surface area (Å²) < 4.78 is 0. The molecule has 0 saturated carbocycles. The van der Waals surface area contributed by atoms with Crippen molar-refractivity contribution in [3.63, 3.8) is 0 Å². The fraction of sp³-hybridized carbons (Fsp3) is 0.231. The van der Waals surface area contributed by atoms with Gasteiger partial charge in [0.05, 0.1) is 0 Å². The molecule has 0 bridgehead atoms. The van der Waals surface area contributed by atoms with Gasteiger partial charge in [-0.05, 0) is 17.9 Å². The zero-order valence-corrected chi connectivity index (χ0v) is 8.79. The number of rotatable bonds is 3. The average Bonchev–Trinajstić information content (AvgIpc) is 2.29. The van der Waals surface area contributed by atoms with Crippen LogP contribution in [-0.4, -0.2) is 5.78 Å². The summed E-state index contributed by atoms with van der Waals surface area (Å²) in [5.41, 5.74) is 0.809. The first-order valence-corrected chi connectivity index (χ1v) is 5.24. The average molecular weight is 200 g/mol. The highest BCUT2D eigenvalue weighted by molar-refractivity contribution is 5.99. The van der Waals surface area contributed by atoms with E-state index >= 15 is 0 Å². The zero-order valence-electron chi connectivity index (χ0n) is 8.79. The molecule has 1 aromatic carbocycles. The van der Waals surface area contributed by atoms with Gasteiger partial charge in [-0.3, -0.25) is 4.79 Å². The lowest BCUT2D eigenvalue weighted by Crippen LogP contribution is -2.00. The molecule has 2 nitrogen and oxygen atoms in total. The van der Waals surface area contributed by atoms with Crippen molar-refractivity contribution in [1.29, 1.82) is 0 Å². The Balaban J connectivity index is 2.42. The number of pyridine rings is 1. The van der Waals surface area contributed by atoms with Gasteiger partial charge < -0.3 is 0 Å². The largest absolute Gasteiger partial charge is 0.294 e. The van der Waals surface area contributed by atoms with E-state index in [9.17, 15) is 4.79 Å². The molecule has 0 radical (unpaired) electrons. The van der Waals surface area contributed by atoms with E-state index < -0.39 is 0 Å². The minimum absolute atomic E-state index is 0.225. The first-order chi connectivity index (χ1) is 7.31. The molecule has 1 N–H and O–H groups in total. The second-order valence-corrected chi connectivity index (χ2v) is 3.66. The van der Waals surface area contributed by atoms with E-state index in [-0.39, 0.29) is 5.78 Å². The van der Waals surface area contributed by atoms with E-state index in [1.807, 2.05) is 43.6 Å². The molecule has 2 rings (SSSR count). The van der Waals surface area contributed by atoms with E-state index in [1.165, 1.54) is 0 Å². The van der Waals surface area contributed by atoms with Gasteiger partial charge in [-0.2, -0.15) is 0 Å². The SMILES string of the molecule is CCCC(=O)c1ccc2cc[nH+]cc2c1. The Morgan fingerprint density at radius 1 is 1.27 bits per heavy atom. The fourth-order valence-electron chi connectivity index (χ4n) is 1.67. The lowest BCUT2D eigenvalue weighted by atomic mass is 10.0. The van der Waals surface area contributed by atoms with Gasteiger partial charge >= 0.3 is 0 Å². The highest BCUT2D eigenvalue weighted by Crippen LogP contribution is 2.15. The second kappa shape index (κ2) is 4.22. The molecule has 0 unspecified atom stereocenters. The molecule has 0 spiro atoms. The molecule has 0 saturated heterocycles. The van der Waals surface area contributed by atoms with E-state index in [2.05, 4.69) is 4.98 Å². The quantitative estimate of drug-likeness (QED) is 0.701. The number of ketones is 1. The van der Waals surface area contributed by atoms with Gasteiger partial charge in [0.1, 0.15) is 0 Å². The summed E-state index contributed by atoms with van der Waals surface area (Å²) in [5, 5.41) is 2.24. The molecule has 1 aromatic heterocycles. The van der Waals surface area contributed by atoms with Gasteiger partial charge in [-0.1, -0.05) is 19.1 Å². The molecule has 15 heavy (non-hydrogen) atoms. The number of hydrogen-bond acceptors (Lipinski definition) is 1. The molecule has 0 fully saturated rings. The monoisotopic (exact) mass is 200 g/mol. The van der Waals surface area contributed by atoms with E-state index in [1.54, 1.807) is 0 Å². The molecule has 0 aliphatic rings. The Bertz CT molecular complexity index is 491. The number of benzene rings is 1. The van der Waals surface area contributed by atoms with Gasteiger partial charge in [0.2, 0.25) is 0 Å². The van der Waals surface area contributed by atoms with Crippen LogP contribution in [0.3, 0.4) is 0 Å². The molecule has 0 aliphatic carbocycles. The summed E-state index contributed by atoms with van der Waals surface area (Å²) in [7, 11) is 0. The third-order valence-corrected chi connectivity index (χ3v) is 2.48. The van der Waals surface area contributed by atoms with Gasteiger partial charge in [0, 0.05) is 23.4 Å². The highest BCUT2D eigenvalue weighted by Gasteiger charge is 2.05. The fourth-order valence-corrected chi connectivity index (χ4v) is 1.67. The lowest BCUT2D eigenvalue weighted by Gasteiger charge is -2.00. The standard InChI is InChI=1S/C13H13NO/c1-2-3-13(15)11-5-4-10-6-7-14-9-12(10)8-11/h4-9H,2-3H2,1H3/p+1. The van der Waals surface area contributed by atoms with Crippen molar-refractivity contribution in [2.75, 3.05) is 0 Å². The van der Waals surface area contributed by atoms with Crippen molar-refractivity contribution < 1.29 is 9.78 Å². The Morgan fingerprint density at radius 2 is 2.13 bits per heavy atom. The molecule has 76 valence electrons. The van der Waals surface area contributed by atoms with E-state index in [4.69, 9.17) is 0 Å². The summed E-state index contributed by atoms with van der Waals surface area (Å²) >= 11 is 0. The third-order valence-electron chi connectivity index (χ3n) is 2.48. The van der Waals surface area contributed by atoms with Crippen LogP contribution in [0.25, 0.3) is 10.8 Å². The van der Waals surface area contributed by atoms with E-state index in [0.29, 0.717) is 6.42 Å². The van der Waals surface area contributed by atoms with Crippen LogP contribution < -0.4 is 4.98 Å². The van der Waals surface area contributed by atoms with Crippen LogP contribution in [0.5, 0.6) is 0 Å². The predicted octanol–water partition coefficient (Wildman–Crippen LogP) is 2.64. The van der Waals surface area contributed by atoms with Crippen LogP contribution in [0.15, 0.2) is 36.7 Å². The lowest BCUT2D eigenvalue weighted by molar-refractivity contribution is -0.375. The summed E-state index contributed by atoms with van der Waals surface area (Å²) in [5.74, 6) is 0.225. The highest BCUT2D eigenvalue weighted by atomic mass is 16.1. The maximum Gasteiger partial charge on any atom is 0.174 e. The van der Waals surface area contributed by atoms with Gasteiger partial charge in [0.15, 0.2) is 18.2 Å². The van der Waals surface area contributed by atoms with Gasteiger partial charge in [-0.25, -0.2) is 4.98 Å². The van der Waals surface area contributed by atoms with Crippen LogP contribution in [-0.2, 0) is 0 Å². The van der Waals surface area contributed by atoms with Gasteiger partial charge in [-0.15, -0.1) is 0 Å². The van der Waals surface area contributed by atoms with Crippen LogP contribution in [0, 0.1) is 0 Å². The predicted molar refractivity (Wildman–Crippen MR) is 59.7 cm³/mol. The van der Waals surface area contributed by atoms with Crippen molar-refractivity contribution in [3.05, 3.63) is 42.2 Å². The number of hydrogen-bond donors (Lipinski definition) is 0. The first-order valence-electron chi connectivity index (χ1n) is 5.24. The molecule has 0 aliphatic heterocycles. The van der Waals surface area contributed by atoms with Crippen molar-refractivity contribution in [2.45, 2.75) is 19.8 Å². The van der Waals surface area contributed by atoms with Gasteiger partial charge in [0.25, 0.3) is 0 Å². The number of carbonyl (C=O) groups is 1. The number of H-pyrrole nitrogens is 1. The maximum atomic E-state index is 11.7. The smallest absolute Gasteiger partial charge is 0.174 e. The number of carbonyl (C=O) groups excluding carboxylic acids is 1. The van der Waals surface area contributed by atoms with Crippen molar-refractivity contribution in [2.24, 2.45) is 0 Å². The summed E-state index contributed by atoms with van der Waals surface area (Å²) in [6.45, 7) is 2.02. The minimum Gasteiger partial charge on any atom is -0.294 e. The number of fused-ring (bicyclic) bond motifs is 1. The Morgan fingerprint density at radius 3 is 2.93 bits per heavy atom. The number of aromatic amines is 1. The zero-order chi connectivity index (χ0) is 10.7. The molecule has 2 aromatic rings. The molecule has 2 heteroatoms.